The van der Waals surface area contributed by atoms with Crippen molar-refractivity contribution in [3.05, 3.63) is 0 Å². The quantitative estimate of drug-likeness (QED) is 0.458. The first-order valence-corrected chi connectivity index (χ1v) is 7.63. The number of nitrogens with two attached hydrogens (primary N) is 1. The SMILES string of the molecule is CC1CC2(CCCN2)CC1(N)C(=O)O.CCCC[B]O. The minimum atomic E-state index is -1.02. The molecule has 115 valence electrons. The average molecular weight is 283 g/mol. The van der Waals surface area contributed by atoms with Crippen molar-refractivity contribution in [1.29, 1.82) is 0 Å². The summed E-state index contributed by atoms with van der Waals surface area (Å²) >= 11 is 0. The molecule has 5 nitrogen and oxygen atoms in total. The Hall–Kier alpha value is -0.585. The van der Waals surface area contributed by atoms with E-state index in [2.05, 4.69) is 12.2 Å². The summed E-state index contributed by atoms with van der Waals surface area (Å²) in [5.74, 6) is -0.791. The van der Waals surface area contributed by atoms with E-state index >= 15 is 0 Å². The fourth-order valence-corrected chi connectivity index (χ4v) is 3.35. The van der Waals surface area contributed by atoms with Crippen LogP contribution in [0.1, 0.15) is 52.4 Å². The lowest BCUT2D eigenvalue weighted by atomic mass is 9.89. The van der Waals surface area contributed by atoms with Gasteiger partial charge in [-0.05, 0) is 38.1 Å². The van der Waals surface area contributed by atoms with E-state index in [9.17, 15) is 4.79 Å². The third kappa shape index (κ3) is 3.96. The molecule has 0 aromatic rings. The van der Waals surface area contributed by atoms with Crippen LogP contribution in [0, 0.1) is 5.92 Å². The molecule has 1 heterocycles. The maximum absolute atomic E-state index is 11.1. The lowest BCUT2D eigenvalue weighted by molar-refractivity contribution is -0.144. The zero-order chi connectivity index (χ0) is 15.2. The number of hydrogen-bond acceptors (Lipinski definition) is 4. The van der Waals surface area contributed by atoms with E-state index < -0.39 is 11.5 Å². The molecule has 5 N–H and O–H groups in total. The van der Waals surface area contributed by atoms with E-state index in [0.717, 1.165) is 45.0 Å². The highest BCUT2D eigenvalue weighted by Crippen LogP contribution is 2.45. The number of nitrogens with one attached hydrogen (secondary N) is 1. The van der Waals surface area contributed by atoms with Crippen molar-refractivity contribution in [3.8, 4) is 0 Å². The van der Waals surface area contributed by atoms with Crippen LogP contribution in [-0.4, -0.2) is 41.2 Å². The van der Waals surface area contributed by atoms with E-state index in [-0.39, 0.29) is 11.5 Å². The highest BCUT2D eigenvalue weighted by atomic mass is 16.4. The van der Waals surface area contributed by atoms with Gasteiger partial charge in [0.15, 0.2) is 0 Å². The Kier molecular flexibility index (Phi) is 6.49. The Morgan fingerprint density at radius 3 is 2.60 bits per heavy atom. The summed E-state index contributed by atoms with van der Waals surface area (Å²) in [5, 5.41) is 20.6. The van der Waals surface area contributed by atoms with Gasteiger partial charge in [0, 0.05) is 5.54 Å². The van der Waals surface area contributed by atoms with Crippen LogP contribution in [0.5, 0.6) is 0 Å². The second-order valence-corrected chi connectivity index (χ2v) is 6.26. The van der Waals surface area contributed by atoms with Crippen LogP contribution < -0.4 is 11.1 Å². The van der Waals surface area contributed by atoms with E-state index in [4.69, 9.17) is 15.9 Å². The van der Waals surface area contributed by atoms with Crippen molar-refractivity contribution in [2.45, 2.75) is 69.8 Å². The number of hydrogen-bond donors (Lipinski definition) is 4. The molecule has 6 heteroatoms. The predicted molar refractivity (Wildman–Crippen MR) is 80.6 cm³/mol. The molecular weight excluding hydrogens is 255 g/mol. The van der Waals surface area contributed by atoms with Crippen LogP contribution in [0.15, 0.2) is 0 Å². The van der Waals surface area contributed by atoms with Gasteiger partial charge in [0.1, 0.15) is 5.54 Å². The number of aliphatic carboxylic acids is 1. The van der Waals surface area contributed by atoms with Crippen molar-refractivity contribution in [1.82, 2.24) is 5.32 Å². The standard InChI is InChI=1S/C10H18N2O2.C4H10BO/c1-7-5-9(3-2-4-12-9)6-10(7,11)8(13)14;1-2-3-4-5-6/h7,12H,2-6,11H2,1H3,(H,13,14);6H,2-4H2,1H3. The van der Waals surface area contributed by atoms with E-state index in [1.54, 1.807) is 0 Å². The highest BCUT2D eigenvalue weighted by Gasteiger charge is 2.55. The molecule has 2 rings (SSSR count). The summed E-state index contributed by atoms with van der Waals surface area (Å²) < 4.78 is 0. The van der Waals surface area contributed by atoms with Crippen molar-refractivity contribution in [3.63, 3.8) is 0 Å². The van der Waals surface area contributed by atoms with Gasteiger partial charge in [-0.25, -0.2) is 0 Å². The molecule has 1 saturated carbocycles. The fourth-order valence-electron chi connectivity index (χ4n) is 3.35. The van der Waals surface area contributed by atoms with E-state index in [0.29, 0.717) is 6.42 Å². The first kappa shape index (κ1) is 17.5. The topological polar surface area (TPSA) is 95.6 Å². The van der Waals surface area contributed by atoms with Gasteiger partial charge >= 0.3 is 5.97 Å². The van der Waals surface area contributed by atoms with Gasteiger partial charge < -0.3 is 21.2 Å². The Labute approximate surface area is 122 Å². The van der Waals surface area contributed by atoms with Gasteiger partial charge in [-0.15, -0.1) is 0 Å². The molecule has 0 aromatic heterocycles. The van der Waals surface area contributed by atoms with Crippen molar-refractivity contribution < 1.29 is 14.9 Å². The van der Waals surface area contributed by atoms with Crippen LogP contribution in [0.2, 0.25) is 6.32 Å². The van der Waals surface area contributed by atoms with E-state index in [1.165, 1.54) is 7.48 Å². The summed E-state index contributed by atoms with van der Waals surface area (Å²) in [4.78, 5) is 11.1. The van der Waals surface area contributed by atoms with Crippen LogP contribution in [0.3, 0.4) is 0 Å². The molecule has 1 radical (unpaired) electrons. The second-order valence-electron chi connectivity index (χ2n) is 6.26. The average Bonchev–Trinajstić information content (AvgIpc) is 2.94. The second kappa shape index (κ2) is 7.43. The fraction of sp³-hybridized carbons (Fsp3) is 0.929. The number of unbranched alkanes of at least 4 members (excludes halogenated alkanes) is 1. The smallest absolute Gasteiger partial charge is 0.324 e. The summed E-state index contributed by atoms with van der Waals surface area (Å²) in [5.41, 5.74) is 4.96. The first-order chi connectivity index (χ1) is 9.40. The molecule has 1 aliphatic heterocycles. The minimum absolute atomic E-state index is 0.0204. The maximum atomic E-state index is 11.1. The number of carboxylic acids is 1. The first-order valence-electron chi connectivity index (χ1n) is 7.63. The number of carboxylic acid groups (broad SMARTS) is 1. The molecular formula is C14H28BN2O3. The van der Waals surface area contributed by atoms with Gasteiger partial charge in [-0.3, -0.25) is 4.79 Å². The molecule has 2 fully saturated rings. The summed E-state index contributed by atoms with van der Waals surface area (Å²) in [6, 6.07) is 0. The van der Waals surface area contributed by atoms with Gasteiger partial charge in [0.2, 0.25) is 0 Å². The lowest BCUT2D eigenvalue weighted by Gasteiger charge is -2.26. The predicted octanol–water partition coefficient (Wildman–Crippen LogP) is 1.14. The zero-order valence-corrected chi connectivity index (χ0v) is 12.7. The Morgan fingerprint density at radius 1 is 1.55 bits per heavy atom. The summed E-state index contributed by atoms with van der Waals surface area (Å²) in [6.45, 7) is 5.05. The lowest BCUT2D eigenvalue weighted by Crippen LogP contribution is -2.52. The van der Waals surface area contributed by atoms with Gasteiger partial charge in [0.05, 0.1) is 0 Å². The molecule has 2 aliphatic rings. The van der Waals surface area contributed by atoms with Crippen LogP contribution in [0.4, 0.5) is 0 Å². The third-order valence-corrected chi connectivity index (χ3v) is 4.62. The summed E-state index contributed by atoms with van der Waals surface area (Å²) in [6.07, 6.45) is 6.81. The van der Waals surface area contributed by atoms with Crippen LogP contribution in [-0.2, 0) is 4.79 Å². The van der Waals surface area contributed by atoms with Crippen LogP contribution in [0.25, 0.3) is 0 Å². The van der Waals surface area contributed by atoms with E-state index in [1.807, 2.05) is 6.92 Å². The zero-order valence-electron chi connectivity index (χ0n) is 12.7. The molecule has 0 amide bonds. The molecule has 1 aliphatic carbocycles. The maximum Gasteiger partial charge on any atom is 0.324 e. The van der Waals surface area contributed by atoms with Crippen molar-refractivity contribution in [2.24, 2.45) is 11.7 Å². The molecule has 20 heavy (non-hydrogen) atoms. The Balaban J connectivity index is 0.000000286. The molecule has 0 bridgehead atoms. The third-order valence-electron chi connectivity index (χ3n) is 4.62. The molecule has 3 unspecified atom stereocenters. The Bertz CT molecular complexity index is 318. The van der Waals surface area contributed by atoms with Gasteiger partial charge in [-0.1, -0.05) is 33.0 Å². The highest BCUT2D eigenvalue weighted by molar-refractivity contribution is 6.25. The van der Waals surface area contributed by atoms with Crippen LogP contribution >= 0.6 is 0 Å². The monoisotopic (exact) mass is 283 g/mol. The van der Waals surface area contributed by atoms with Crippen molar-refractivity contribution in [2.75, 3.05) is 6.54 Å². The van der Waals surface area contributed by atoms with Crippen molar-refractivity contribution >= 4 is 13.5 Å². The molecule has 3 atom stereocenters. The molecule has 1 saturated heterocycles. The number of rotatable bonds is 4. The summed E-state index contributed by atoms with van der Waals surface area (Å²) in [7, 11) is 1.21. The molecule has 0 aromatic carbocycles. The van der Waals surface area contributed by atoms with Gasteiger partial charge in [-0.2, -0.15) is 0 Å². The normalized spacial score (nSPS) is 35.7. The minimum Gasteiger partial charge on any atom is -0.480 e. The molecule has 1 spiro atoms. The largest absolute Gasteiger partial charge is 0.480 e. The van der Waals surface area contributed by atoms with Gasteiger partial charge in [0.25, 0.3) is 7.48 Å². The Morgan fingerprint density at radius 2 is 2.25 bits per heavy atom. The number of carbonyl (C=O) groups is 1.